The Balaban J connectivity index is 1.98. The zero-order chi connectivity index (χ0) is 16.8. The molecule has 0 spiro atoms. The van der Waals surface area contributed by atoms with Gasteiger partial charge < -0.3 is 14.8 Å². The molecule has 120 valence electrons. The largest absolute Gasteiger partial charge is 0.496 e. The monoisotopic (exact) mass is 337 g/mol. The number of anilines is 1. The van der Waals surface area contributed by atoms with Crippen LogP contribution in [0.2, 0.25) is 5.02 Å². The lowest BCUT2D eigenvalue weighted by Gasteiger charge is -2.10. The van der Waals surface area contributed by atoms with E-state index in [4.69, 9.17) is 21.1 Å². The van der Waals surface area contributed by atoms with Crippen LogP contribution in [0.1, 0.15) is 10.4 Å². The van der Waals surface area contributed by atoms with Crippen LogP contribution >= 0.6 is 11.6 Å². The van der Waals surface area contributed by atoms with Gasteiger partial charge in [-0.2, -0.15) is 0 Å². The van der Waals surface area contributed by atoms with Gasteiger partial charge in [-0.05, 0) is 30.3 Å². The Morgan fingerprint density at radius 3 is 2.65 bits per heavy atom. The van der Waals surface area contributed by atoms with Crippen LogP contribution in [0.5, 0.6) is 5.75 Å². The predicted molar refractivity (Wildman–Crippen MR) is 83.3 cm³/mol. The third-order valence-electron chi connectivity index (χ3n) is 2.86. The van der Waals surface area contributed by atoms with Crippen LogP contribution in [0.4, 0.5) is 10.1 Å². The maximum Gasteiger partial charge on any atom is 0.342 e. The topological polar surface area (TPSA) is 64.6 Å². The molecule has 7 heteroatoms. The van der Waals surface area contributed by atoms with Gasteiger partial charge in [0.2, 0.25) is 0 Å². The van der Waals surface area contributed by atoms with Crippen molar-refractivity contribution in [2.75, 3.05) is 19.0 Å². The van der Waals surface area contributed by atoms with Crippen LogP contribution in [-0.4, -0.2) is 25.6 Å². The number of hydrogen-bond donors (Lipinski definition) is 1. The molecule has 0 heterocycles. The molecular formula is C16H13ClFNO4. The summed E-state index contributed by atoms with van der Waals surface area (Å²) in [5.74, 6) is -1.74. The Labute approximate surface area is 137 Å². The fourth-order valence-corrected chi connectivity index (χ4v) is 1.97. The first-order valence-corrected chi connectivity index (χ1v) is 6.94. The second-order valence-corrected chi connectivity index (χ2v) is 4.89. The Kier molecular flexibility index (Phi) is 5.54. The Morgan fingerprint density at radius 1 is 1.22 bits per heavy atom. The van der Waals surface area contributed by atoms with Crippen molar-refractivity contribution in [3.63, 3.8) is 0 Å². The van der Waals surface area contributed by atoms with Crippen molar-refractivity contribution >= 4 is 29.2 Å². The molecule has 1 amide bonds. The number of amides is 1. The van der Waals surface area contributed by atoms with Crippen molar-refractivity contribution in [2.24, 2.45) is 0 Å². The van der Waals surface area contributed by atoms with Gasteiger partial charge in [0.1, 0.15) is 17.1 Å². The van der Waals surface area contributed by atoms with E-state index in [9.17, 15) is 14.0 Å². The number of carbonyl (C=O) groups is 2. The van der Waals surface area contributed by atoms with Gasteiger partial charge in [0.05, 0.1) is 12.8 Å². The number of benzene rings is 2. The fourth-order valence-electron chi connectivity index (χ4n) is 1.80. The standard InChI is InChI=1S/C16H13ClFNO4/c1-22-14-7-6-10(17)8-11(14)16(21)23-9-15(20)19-13-5-3-2-4-12(13)18/h2-8H,9H2,1H3,(H,19,20). The van der Waals surface area contributed by atoms with E-state index in [0.717, 1.165) is 0 Å². The quantitative estimate of drug-likeness (QED) is 0.850. The Bertz CT molecular complexity index is 736. The zero-order valence-electron chi connectivity index (χ0n) is 12.1. The molecule has 1 N–H and O–H groups in total. The highest BCUT2D eigenvalue weighted by molar-refractivity contribution is 6.31. The van der Waals surface area contributed by atoms with Gasteiger partial charge >= 0.3 is 5.97 Å². The molecule has 23 heavy (non-hydrogen) atoms. The molecular weight excluding hydrogens is 325 g/mol. The third-order valence-corrected chi connectivity index (χ3v) is 3.10. The second-order valence-electron chi connectivity index (χ2n) is 4.45. The summed E-state index contributed by atoms with van der Waals surface area (Å²) in [7, 11) is 1.39. The number of para-hydroxylation sites is 1. The molecule has 0 fully saturated rings. The van der Waals surface area contributed by atoms with E-state index in [0.29, 0.717) is 5.02 Å². The van der Waals surface area contributed by atoms with E-state index in [1.807, 2.05) is 0 Å². The average molecular weight is 338 g/mol. The third kappa shape index (κ3) is 4.43. The molecule has 0 aromatic heterocycles. The summed E-state index contributed by atoms with van der Waals surface area (Å²) < 4.78 is 23.3. The smallest absolute Gasteiger partial charge is 0.342 e. The summed E-state index contributed by atoms with van der Waals surface area (Å²) >= 11 is 5.82. The van der Waals surface area contributed by atoms with Gasteiger partial charge in [0.25, 0.3) is 5.91 Å². The van der Waals surface area contributed by atoms with E-state index < -0.39 is 24.3 Å². The van der Waals surface area contributed by atoms with E-state index in [-0.39, 0.29) is 17.0 Å². The molecule has 0 radical (unpaired) electrons. The summed E-state index contributed by atoms with van der Waals surface area (Å²) in [5, 5.41) is 2.64. The van der Waals surface area contributed by atoms with E-state index in [1.165, 1.54) is 37.4 Å². The molecule has 0 saturated heterocycles. The highest BCUT2D eigenvalue weighted by atomic mass is 35.5. The number of hydrogen-bond acceptors (Lipinski definition) is 4. The van der Waals surface area contributed by atoms with Crippen molar-refractivity contribution < 1.29 is 23.5 Å². The van der Waals surface area contributed by atoms with Crippen molar-refractivity contribution in [3.8, 4) is 5.75 Å². The highest BCUT2D eigenvalue weighted by Crippen LogP contribution is 2.23. The maximum absolute atomic E-state index is 13.4. The molecule has 0 atom stereocenters. The van der Waals surface area contributed by atoms with Crippen molar-refractivity contribution in [1.82, 2.24) is 0 Å². The molecule has 0 aliphatic carbocycles. The first-order chi connectivity index (χ1) is 11.0. The molecule has 2 aromatic rings. The predicted octanol–water partition coefficient (Wildman–Crippen LogP) is 3.28. The minimum Gasteiger partial charge on any atom is -0.496 e. The SMILES string of the molecule is COc1ccc(Cl)cc1C(=O)OCC(=O)Nc1ccccc1F. The normalized spacial score (nSPS) is 10.0. The summed E-state index contributed by atoms with van der Waals surface area (Å²) in [6, 6.07) is 10.1. The Hall–Kier alpha value is -2.60. The molecule has 0 unspecified atom stereocenters. The number of esters is 1. The van der Waals surface area contributed by atoms with Gasteiger partial charge in [-0.3, -0.25) is 4.79 Å². The minimum atomic E-state index is -0.770. The van der Waals surface area contributed by atoms with Gasteiger partial charge in [-0.1, -0.05) is 23.7 Å². The van der Waals surface area contributed by atoms with Gasteiger partial charge in [0.15, 0.2) is 6.61 Å². The Morgan fingerprint density at radius 2 is 1.96 bits per heavy atom. The van der Waals surface area contributed by atoms with Crippen LogP contribution < -0.4 is 10.1 Å². The van der Waals surface area contributed by atoms with Gasteiger partial charge in [-0.15, -0.1) is 0 Å². The van der Waals surface area contributed by atoms with E-state index in [2.05, 4.69) is 5.32 Å². The maximum atomic E-state index is 13.4. The molecule has 0 aliphatic rings. The summed E-state index contributed by atoms with van der Waals surface area (Å²) in [5.41, 5.74) is 0.104. The lowest BCUT2D eigenvalue weighted by atomic mass is 10.2. The molecule has 0 bridgehead atoms. The molecule has 2 aromatic carbocycles. The minimum absolute atomic E-state index is 0.00823. The average Bonchev–Trinajstić information content (AvgIpc) is 2.54. The van der Waals surface area contributed by atoms with Crippen LogP contribution in [0.3, 0.4) is 0 Å². The summed E-state index contributed by atoms with van der Waals surface area (Å²) in [6.45, 7) is -0.567. The number of methoxy groups -OCH3 is 1. The summed E-state index contributed by atoms with van der Waals surface area (Å²) in [6.07, 6.45) is 0. The molecule has 0 aliphatic heterocycles. The van der Waals surface area contributed by atoms with Crippen LogP contribution in [-0.2, 0) is 9.53 Å². The number of carbonyl (C=O) groups excluding carboxylic acids is 2. The van der Waals surface area contributed by atoms with E-state index in [1.54, 1.807) is 12.1 Å². The van der Waals surface area contributed by atoms with Crippen LogP contribution in [0.25, 0.3) is 0 Å². The fraction of sp³-hybridized carbons (Fsp3) is 0.125. The van der Waals surface area contributed by atoms with E-state index >= 15 is 0 Å². The van der Waals surface area contributed by atoms with Crippen molar-refractivity contribution in [3.05, 3.63) is 58.9 Å². The van der Waals surface area contributed by atoms with Crippen LogP contribution in [0.15, 0.2) is 42.5 Å². The van der Waals surface area contributed by atoms with Crippen molar-refractivity contribution in [2.45, 2.75) is 0 Å². The van der Waals surface area contributed by atoms with Gasteiger partial charge in [-0.25, -0.2) is 9.18 Å². The number of nitrogens with one attached hydrogen (secondary N) is 1. The molecule has 0 saturated carbocycles. The number of halogens is 2. The first kappa shape index (κ1) is 16.8. The van der Waals surface area contributed by atoms with Crippen LogP contribution in [0, 0.1) is 5.82 Å². The lowest BCUT2D eigenvalue weighted by Crippen LogP contribution is -2.21. The molecule has 2 rings (SSSR count). The number of rotatable bonds is 5. The first-order valence-electron chi connectivity index (χ1n) is 6.56. The highest BCUT2D eigenvalue weighted by Gasteiger charge is 2.16. The summed E-state index contributed by atoms with van der Waals surface area (Å²) in [4.78, 5) is 23.7. The van der Waals surface area contributed by atoms with Crippen molar-refractivity contribution in [1.29, 1.82) is 0 Å². The second kappa shape index (κ2) is 7.60. The molecule has 5 nitrogen and oxygen atoms in total. The lowest BCUT2D eigenvalue weighted by molar-refractivity contribution is -0.119. The van der Waals surface area contributed by atoms with Gasteiger partial charge in [0, 0.05) is 5.02 Å². The number of ether oxygens (including phenoxy) is 2. The zero-order valence-corrected chi connectivity index (χ0v) is 12.9.